The second kappa shape index (κ2) is 5.83. The standard InChI is InChI=1S/C15H26N2O4/c1-11-4-3-5-15(10-11,12(18)19)16-13(20)17-8-6-14(2,21)7-9-17/h11,21H,3-10H2,1-2H3,(H,16,20)(H,18,19). The number of aliphatic hydroxyl groups is 1. The monoisotopic (exact) mass is 298 g/mol. The highest BCUT2D eigenvalue weighted by Crippen LogP contribution is 2.33. The molecule has 2 unspecified atom stereocenters. The average Bonchev–Trinajstić information content (AvgIpc) is 2.38. The van der Waals surface area contributed by atoms with Gasteiger partial charge in [-0.15, -0.1) is 0 Å². The second-order valence-electron chi connectivity index (χ2n) is 7.00. The molecule has 6 heteroatoms. The number of carboxylic acid groups (broad SMARTS) is 1. The van der Waals surface area contributed by atoms with E-state index in [9.17, 15) is 19.8 Å². The molecule has 1 heterocycles. The minimum Gasteiger partial charge on any atom is -0.480 e. The lowest BCUT2D eigenvalue weighted by Crippen LogP contribution is -2.61. The van der Waals surface area contributed by atoms with Gasteiger partial charge in [0.1, 0.15) is 5.54 Å². The maximum atomic E-state index is 12.4. The number of aliphatic carboxylic acids is 1. The molecule has 0 aromatic rings. The van der Waals surface area contributed by atoms with Gasteiger partial charge in [0.05, 0.1) is 5.60 Å². The number of carbonyl (C=O) groups excluding carboxylic acids is 1. The fourth-order valence-corrected chi connectivity index (χ4v) is 3.39. The highest BCUT2D eigenvalue weighted by molar-refractivity contribution is 5.86. The maximum Gasteiger partial charge on any atom is 0.329 e. The molecule has 1 aliphatic heterocycles. The predicted molar refractivity (Wildman–Crippen MR) is 78.0 cm³/mol. The summed E-state index contributed by atoms with van der Waals surface area (Å²) in [7, 11) is 0. The predicted octanol–water partition coefficient (Wildman–Crippen LogP) is 1.58. The van der Waals surface area contributed by atoms with E-state index in [0.717, 1.165) is 12.8 Å². The Morgan fingerprint density at radius 3 is 2.38 bits per heavy atom. The van der Waals surface area contributed by atoms with Gasteiger partial charge in [0.2, 0.25) is 0 Å². The fourth-order valence-electron chi connectivity index (χ4n) is 3.39. The number of nitrogens with zero attached hydrogens (tertiary/aromatic N) is 1. The molecule has 0 spiro atoms. The molecule has 2 aliphatic rings. The van der Waals surface area contributed by atoms with Gasteiger partial charge in [-0.2, -0.15) is 0 Å². The van der Waals surface area contributed by atoms with Crippen molar-refractivity contribution in [2.45, 2.75) is 63.5 Å². The summed E-state index contributed by atoms with van der Waals surface area (Å²) >= 11 is 0. The number of carbonyl (C=O) groups is 2. The molecule has 2 rings (SSSR count). The zero-order valence-electron chi connectivity index (χ0n) is 12.9. The number of nitrogens with one attached hydrogen (secondary N) is 1. The van der Waals surface area contributed by atoms with E-state index in [1.807, 2.05) is 6.92 Å². The van der Waals surface area contributed by atoms with E-state index in [4.69, 9.17) is 0 Å². The van der Waals surface area contributed by atoms with Gasteiger partial charge in [-0.25, -0.2) is 9.59 Å². The largest absolute Gasteiger partial charge is 0.480 e. The topological polar surface area (TPSA) is 89.9 Å². The van der Waals surface area contributed by atoms with Gasteiger partial charge in [-0.1, -0.05) is 19.8 Å². The van der Waals surface area contributed by atoms with Crippen LogP contribution in [0.1, 0.15) is 52.4 Å². The first-order chi connectivity index (χ1) is 9.74. The summed E-state index contributed by atoms with van der Waals surface area (Å²) in [5.74, 6) is -0.636. The van der Waals surface area contributed by atoms with Crippen LogP contribution in [-0.4, -0.2) is 51.3 Å². The number of urea groups is 1. The lowest BCUT2D eigenvalue weighted by molar-refractivity contribution is -0.146. The summed E-state index contributed by atoms with van der Waals surface area (Å²) < 4.78 is 0. The SMILES string of the molecule is CC1CCCC(NC(=O)N2CCC(C)(O)CC2)(C(=O)O)C1. The van der Waals surface area contributed by atoms with Crippen molar-refractivity contribution < 1.29 is 19.8 Å². The van der Waals surface area contributed by atoms with Crippen LogP contribution in [0.5, 0.6) is 0 Å². The van der Waals surface area contributed by atoms with E-state index in [0.29, 0.717) is 44.7 Å². The van der Waals surface area contributed by atoms with E-state index in [-0.39, 0.29) is 6.03 Å². The highest BCUT2D eigenvalue weighted by atomic mass is 16.4. The molecular weight excluding hydrogens is 272 g/mol. The summed E-state index contributed by atoms with van der Waals surface area (Å²) in [4.78, 5) is 25.6. The molecule has 2 fully saturated rings. The fraction of sp³-hybridized carbons (Fsp3) is 0.867. The molecular formula is C15H26N2O4. The molecule has 0 aromatic carbocycles. The van der Waals surface area contributed by atoms with Crippen molar-refractivity contribution in [2.24, 2.45) is 5.92 Å². The Kier molecular flexibility index (Phi) is 4.46. The van der Waals surface area contributed by atoms with Crippen molar-refractivity contribution in [1.82, 2.24) is 10.2 Å². The highest BCUT2D eigenvalue weighted by Gasteiger charge is 2.44. The Balaban J connectivity index is 2.01. The van der Waals surface area contributed by atoms with Gasteiger partial charge < -0.3 is 20.4 Å². The third kappa shape index (κ3) is 3.67. The van der Waals surface area contributed by atoms with Crippen LogP contribution < -0.4 is 5.32 Å². The van der Waals surface area contributed by atoms with Crippen molar-refractivity contribution in [1.29, 1.82) is 0 Å². The van der Waals surface area contributed by atoms with Crippen LogP contribution in [0.15, 0.2) is 0 Å². The number of hydrogen-bond donors (Lipinski definition) is 3. The number of piperidine rings is 1. The third-order valence-electron chi connectivity index (χ3n) is 4.88. The van der Waals surface area contributed by atoms with Gasteiger partial charge in [-0.3, -0.25) is 0 Å². The van der Waals surface area contributed by atoms with Gasteiger partial charge in [0, 0.05) is 13.1 Å². The zero-order chi connectivity index (χ0) is 15.7. The molecule has 1 saturated heterocycles. The van der Waals surface area contributed by atoms with Crippen LogP contribution in [0.2, 0.25) is 0 Å². The molecule has 3 N–H and O–H groups in total. The zero-order valence-corrected chi connectivity index (χ0v) is 12.9. The van der Waals surface area contributed by atoms with Crippen LogP contribution in [0.3, 0.4) is 0 Å². The first-order valence-corrected chi connectivity index (χ1v) is 7.77. The van der Waals surface area contributed by atoms with Crippen molar-refractivity contribution in [2.75, 3.05) is 13.1 Å². The Morgan fingerprint density at radius 2 is 1.86 bits per heavy atom. The van der Waals surface area contributed by atoms with E-state index in [1.165, 1.54) is 0 Å². The minimum absolute atomic E-state index is 0.303. The van der Waals surface area contributed by atoms with Gasteiger partial charge in [0.25, 0.3) is 0 Å². The third-order valence-corrected chi connectivity index (χ3v) is 4.88. The summed E-state index contributed by atoms with van der Waals surface area (Å²) in [6, 6.07) is -0.318. The molecule has 1 saturated carbocycles. The Hall–Kier alpha value is -1.30. The van der Waals surface area contributed by atoms with Gasteiger partial charge in [0.15, 0.2) is 0 Å². The normalized spacial score (nSPS) is 32.5. The summed E-state index contributed by atoms with van der Waals surface area (Å²) in [5, 5.41) is 22.2. The van der Waals surface area contributed by atoms with E-state index in [1.54, 1.807) is 11.8 Å². The Labute approximate surface area is 125 Å². The summed E-state index contributed by atoms with van der Waals surface area (Å²) in [6.07, 6.45) is 3.86. The van der Waals surface area contributed by atoms with Crippen molar-refractivity contribution in [3.63, 3.8) is 0 Å². The van der Waals surface area contributed by atoms with Crippen LogP contribution in [0.4, 0.5) is 4.79 Å². The molecule has 1 aliphatic carbocycles. The van der Waals surface area contributed by atoms with E-state index < -0.39 is 17.1 Å². The maximum absolute atomic E-state index is 12.4. The molecule has 21 heavy (non-hydrogen) atoms. The van der Waals surface area contributed by atoms with E-state index >= 15 is 0 Å². The molecule has 0 aromatic heterocycles. The molecule has 0 radical (unpaired) electrons. The van der Waals surface area contributed by atoms with Crippen LogP contribution in [-0.2, 0) is 4.79 Å². The molecule has 2 amide bonds. The lowest BCUT2D eigenvalue weighted by Gasteiger charge is -2.41. The smallest absolute Gasteiger partial charge is 0.329 e. The average molecular weight is 298 g/mol. The molecule has 120 valence electrons. The molecule has 2 atom stereocenters. The summed E-state index contributed by atoms with van der Waals surface area (Å²) in [5.41, 5.74) is -1.85. The summed E-state index contributed by atoms with van der Waals surface area (Å²) in [6.45, 7) is 4.72. The number of rotatable bonds is 2. The van der Waals surface area contributed by atoms with Gasteiger partial charge >= 0.3 is 12.0 Å². The number of amides is 2. The number of hydrogen-bond acceptors (Lipinski definition) is 3. The molecule has 6 nitrogen and oxygen atoms in total. The van der Waals surface area contributed by atoms with Crippen LogP contribution >= 0.6 is 0 Å². The van der Waals surface area contributed by atoms with Crippen molar-refractivity contribution in [3.05, 3.63) is 0 Å². The molecule has 0 bridgehead atoms. The van der Waals surface area contributed by atoms with Crippen molar-refractivity contribution >= 4 is 12.0 Å². The first-order valence-electron chi connectivity index (χ1n) is 7.77. The number of likely N-dealkylation sites (tertiary alicyclic amines) is 1. The lowest BCUT2D eigenvalue weighted by atomic mass is 9.76. The Morgan fingerprint density at radius 1 is 1.24 bits per heavy atom. The van der Waals surface area contributed by atoms with Crippen LogP contribution in [0, 0.1) is 5.92 Å². The first kappa shape index (κ1) is 16.1. The quantitative estimate of drug-likeness (QED) is 0.722. The number of carboxylic acids is 1. The van der Waals surface area contributed by atoms with Crippen molar-refractivity contribution in [3.8, 4) is 0 Å². The van der Waals surface area contributed by atoms with Gasteiger partial charge in [-0.05, 0) is 38.5 Å². The van der Waals surface area contributed by atoms with E-state index in [2.05, 4.69) is 5.32 Å². The van der Waals surface area contributed by atoms with Crippen LogP contribution in [0.25, 0.3) is 0 Å². The minimum atomic E-state index is -1.13. The Bertz CT molecular complexity index is 414. The second-order valence-corrected chi connectivity index (χ2v) is 7.00.